The fourth-order valence-electron chi connectivity index (χ4n) is 2.37. The Morgan fingerprint density at radius 1 is 1.17 bits per heavy atom. The molecule has 0 bridgehead atoms. The van der Waals surface area contributed by atoms with E-state index in [1.54, 1.807) is 6.20 Å². The third-order valence-electron chi connectivity index (χ3n) is 4.52. The van der Waals surface area contributed by atoms with Crippen LogP contribution in [-0.2, 0) is 9.31 Å². The summed E-state index contributed by atoms with van der Waals surface area (Å²) in [6.07, 6.45) is 4.23. The van der Waals surface area contributed by atoms with E-state index in [-0.39, 0.29) is 12.2 Å². The fourth-order valence-corrected chi connectivity index (χ4v) is 2.37. The van der Waals surface area contributed by atoms with E-state index in [1.165, 1.54) is 0 Å². The van der Waals surface area contributed by atoms with E-state index < -0.39 is 18.3 Å². The van der Waals surface area contributed by atoms with Crippen molar-refractivity contribution in [1.82, 2.24) is 4.98 Å². The highest BCUT2D eigenvalue weighted by Crippen LogP contribution is 2.37. The first-order valence-corrected chi connectivity index (χ1v) is 8.37. The minimum absolute atomic E-state index is 0.0910. The predicted octanol–water partition coefficient (Wildman–Crippen LogP) is 2.71. The van der Waals surface area contributed by atoms with Crippen LogP contribution in [0.25, 0.3) is 0 Å². The summed E-state index contributed by atoms with van der Waals surface area (Å²) in [6.45, 7) is 12.1. The van der Waals surface area contributed by atoms with Gasteiger partial charge < -0.3 is 18.8 Å². The molecule has 0 N–H and O–H groups in total. The van der Waals surface area contributed by atoms with E-state index in [0.29, 0.717) is 17.1 Å². The van der Waals surface area contributed by atoms with Gasteiger partial charge in [-0.2, -0.15) is 0 Å². The lowest BCUT2D eigenvalue weighted by molar-refractivity contribution is 0.00578. The molecule has 1 aliphatic carbocycles. The Bertz CT molecular complexity index is 568. The van der Waals surface area contributed by atoms with Gasteiger partial charge in [-0.1, -0.05) is 0 Å². The smallest absolute Gasteiger partial charge is 0.489 e. The average Bonchev–Trinajstić information content (AvgIpc) is 3.17. The van der Waals surface area contributed by atoms with E-state index in [9.17, 15) is 0 Å². The second-order valence-corrected chi connectivity index (χ2v) is 7.63. The Morgan fingerprint density at radius 3 is 2.30 bits per heavy atom. The molecular formula is C17H26BNO4. The summed E-state index contributed by atoms with van der Waals surface area (Å²) in [5.74, 6) is 1.40. The number of rotatable bonds is 5. The first-order chi connectivity index (χ1) is 10.7. The van der Waals surface area contributed by atoms with Gasteiger partial charge in [0.15, 0.2) is 0 Å². The molecule has 23 heavy (non-hydrogen) atoms. The van der Waals surface area contributed by atoms with Crippen LogP contribution in [0, 0.1) is 0 Å². The Morgan fingerprint density at radius 2 is 1.78 bits per heavy atom. The monoisotopic (exact) mass is 319 g/mol. The fraction of sp³-hybridized carbons (Fsp3) is 0.706. The lowest BCUT2D eigenvalue weighted by Gasteiger charge is -2.32. The molecule has 1 aromatic heterocycles. The van der Waals surface area contributed by atoms with Crippen LogP contribution in [0.3, 0.4) is 0 Å². The van der Waals surface area contributed by atoms with Crippen LogP contribution in [-0.4, -0.2) is 35.5 Å². The van der Waals surface area contributed by atoms with Crippen molar-refractivity contribution in [3.05, 3.63) is 12.3 Å². The van der Waals surface area contributed by atoms with Gasteiger partial charge in [-0.05, 0) is 54.4 Å². The molecule has 1 aromatic rings. The van der Waals surface area contributed by atoms with Crippen LogP contribution in [0.1, 0.15) is 54.4 Å². The molecule has 3 rings (SSSR count). The largest absolute Gasteiger partial charge is 0.518 e. The normalized spacial score (nSPS) is 22.5. The van der Waals surface area contributed by atoms with Gasteiger partial charge in [-0.3, -0.25) is 4.98 Å². The standard InChI is InChI=1S/C17H26BNO4/c1-11(2)20-13-9-14(21-12-7-8-12)15(19-10-13)18-22-16(3,4)17(5,6)23-18/h9-12H,7-8H2,1-6H3. The highest BCUT2D eigenvalue weighted by Gasteiger charge is 2.53. The Labute approximate surface area is 138 Å². The van der Waals surface area contributed by atoms with Crippen molar-refractivity contribution in [3.8, 4) is 11.5 Å². The minimum Gasteiger partial charge on any atom is -0.489 e. The summed E-state index contributed by atoms with van der Waals surface area (Å²) in [5.41, 5.74) is -0.112. The molecule has 2 heterocycles. The zero-order valence-corrected chi connectivity index (χ0v) is 14.9. The molecule has 0 unspecified atom stereocenters. The van der Waals surface area contributed by atoms with Crippen LogP contribution in [0.2, 0.25) is 0 Å². The molecule has 2 fully saturated rings. The maximum atomic E-state index is 6.11. The quantitative estimate of drug-likeness (QED) is 0.781. The Kier molecular flexibility index (Phi) is 4.09. The van der Waals surface area contributed by atoms with Crippen molar-refractivity contribution in [2.24, 2.45) is 0 Å². The number of hydrogen-bond donors (Lipinski definition) is 0. The van der Waals surface area contributed by atoms with Crippen LogP contribution in [0.5, 0.6) is 11.5 Å². The molecule has 126 valence electrons. The van der Waals surface area contributed by atoms with Gasteiger partial charge in [0.1, 0.15) is 17.1 Å². The zero-order valence-electron chi connectivity index (χ0n) is 14.9. The molecule has 6 heteroatoms. The van der Waals surface area contributed by atoms with Gasteiger partial charge in [0, 0.05) is 6.07 Å². The van der Waals surface area contributed by atoms with Crippen molar-refractivity contribution in [2.75, 3.05) is 0 Å². The van der Waals surface area contributed by atoms with Crippen LogP contribution in [0.4, 0.5) is 0 Å². The van der Waals surface area contributed by atoms with Gasteiger partial charge >= 0.3 is 7.12 Å². The summed E-state index contributed by atoms with van der Waals surface area (Å²) >= 11 is 0. The molecule has 0 aromatic carbocycles. The molecule has 5 nitrogen and oxygen atoms in total. The first-order valence-electron chi connectivity index (χ1n) is 8.37. The van der Waals surface area contributed by atoms with Crippen molar-refractivity contribution in [1.29, 1.82) is 0 Å². The molecule has 0 radical (unpaired) electrons. The zero-order chi connectivity index (χ0) is 16.8. The predicted molar refractivity (Wildman–Crippen MR) is 89.4 cm³/mol. The highest BCUT2D eigenvalue weighted by molar-refractivity contribution is 6.62. The Balaban J connectivity index is 1.88. The van der Waals surface area contributed by atoms with Gasteiger partial charge in [0.25, 0.3) is 0 Å². The van der Waals surface area contributed by atoms with E-state index in [2.05, 4.69) is 4.98 Å². The van der Waals surface area contributed by atoms with Gasteiger partial charge in [0.05, 0.1) is 29.6 Å². The second-order valence-electron chi connectivity index (χ2n) is 7.63. The van der Waals surface area contributed by atoms with Crippen LogP contribution in [0.15, 0.2) is 12.3 Å². The second kappa shape index (κ2) is 5.67. The maximum absolute atomic E-state index is 6.11. The van der Waals surface area contributed by atoms with Crippen molar-refractivity contribution >= 4 is 12.7 Å². The topological polar surface area (TPSA) is 49.8 Å². The number of hydrogen-bond acceptors (Lipinski definition) is 5. The molecule has 1 saturated carbocycles. The molecule has 0 spiro atoms. The SMILES string of the molecule is CC(C)Oc1cnc(B2OC(C)(C)C(C)(C)O2)c(OC2CC2)c1. The van der Waals surface area contributed by atoms with E-state index in [0.717, 1.165) is 12.8 Å². The molecule has 0 amide bonds. The molecule has 2 aliphatic rings. The summed E-state index contributed by atoms with van der Waals surface area (Å²) in [7, 11) is -0.526. The summed E-state index contributed by atoms with van der Waals surface area (Å²) in [4.78, 5) is 4.53. The average molecular weight is 319 g/mol. The minimum atomic E-state index is -0.526. The summed E-state index contributed by atoms with van der Waals surface area (Å²) in [5, 5.41) is 0. The molecule has 1 saturated heterocycles. The molecule has 1 aliphatic heterocycles. The van der Waals surface area contributed by atoms with E-state index >= 15 is 0 Å². The third kappa shape index (κ3) is 3.48. The van der Waals surface area contributed by atoms with Crippen molar-refractivity contribution in [2.45, 2.75) is 77.8 Å². The number of pyridine rings is 1. The van der Waals surface area contributed by atoms with Crippen molar-refractivity contribution in [3.63, 3.8) is 0 Å². The van der Waals surface area contributed by atoms with E-state index in [1.807, 2.05) is 47.6 Å². The maximum Gasteiger partial charge on any atom is 0.518 e. The number of nitrogens with zero attached hydrogens (tertiary/aromatic N) is 1. The first kappa shape index (κ1) is 16.6. The number of aromatic nitrogens is 1. The van der Waals surface area contributed by atoms with E-state index in [4.69, 9.17) is 18.8 Å². The van der Waals surface area contributed by atoms with Crippen molar-refractivity contribution < 1.29 is 18.8 Å². The molecule has 0 atom stereocenters. The van der Waals surface area contributed by atoms with Gasteiger partial charge in [-0.25, -0.2) is 0 Å². The molecular weight excluding hydrogens is 293 g/mol. The highest BCUT2D eigenvalue weighted by atomic mass is 16.7. The lowest BCUT2D eigenvalue weighted by Crippen LogP contribution is -2.41. The van der Waals surface area contributed by atoms with Gasteiger partial charge in [0.2, 0.25) is 0 Å². The van der Waals surface area contributed by atoms with Crippen LogP contribution < -0.4 is 15.1 Å². The lowest BCUT2D eigenvalue weighted by atomic mass is 9.83. The third-order valence-corrected chi connectivity index (χ3v) is 4.52. The van der Waals surface area contributed by atoms with Gasteiger partial charge in [-0.15, -0.1) is 0 Å². The number of ether oxygens (including phenoxy) is 2. The Hall–Kier alpha value is -1.27. The summed E-state index contributed by atoms with van der Waals surface area (Å²) < 4.78 is 24.0. The van der Waals surface area contributed by atoms with Crippen LogP contribution >= 0.6 is 0 Å². The summed E-state index contributed by atoms with van der Waals surface area (Å²) in [6, 6.07) is 1.89.